The number of ether oxygens (including phenoxy) is 1. The first-order valence-electron chi connectivity index (χ1n) is 12.2. The molecule has 0 spiro atoms. The second-order valence-electron chi connectivity index (χ2n) is 8.95. The minimum Gasteiger partial charge on any atom is -0.495 e. The summed E-state index contributed by atoms with van der Waals surface area (Å²) in [6.07, 6.45) is 12.3. The summed E-state index contributed by atoms with van der Waals surface area (Å²) in [6, 6.07) is 9.63. The first kappa shape index (κ1) is 29.5. The number of carbonyl (C=O) groups is 1. The van der Waals surface area contributed by atoms with Gasteiger partial charge in [-0.2, -0.15) is 0 Å². The fourth-order valence-corrected chi connectivity index (χ4v) is 3.81. The number of nitrogens with zero attached hydrogens (tertiary/aromatic N) is 1. The van der Waals surface area contributed by atoms with Crippen molar-refractivity contribution in [3.05, 3.63) is 77.1 Å². The van der Waals surface area contributed by atoms with Gasteiger partial charge in [0.2, 0.25) is 0 Å². The van der Waals surface area contributed by atoms with Crippen molar-refractivity contribution >= 4 is 23.6 Å². The maximum absolute atomic E-state index is 11.1. The molecule has 0 unspecified atom stereocenters. The Morgan fingerprint density at radius 3 is 2.58 bits per heavy atom. The molecule has 0 amide bonds. The topological polar surface area (TPSA) is 104 Å². The molecule has 196 valence electrons. The third-order valence-corrected chi connectivity index (χ3v) is 6.23. The van der Waals surface area contributed by atoms with Crippen molar-refractivity contribution in [2.45, 2.75) is 38.8 Å². The third-order valence-electron chi connectivity index (χ3n) is 5.94. The van der Waals surface area contributed by atoms with Crippen molar-refractivity contribution in [1.82, 2.24) is 15.6 Å². The van der Waals surface area contributed by atoms with Crippen LogP contribution in [0.3, 0.4) is 0 Å². The molecule has 7 nitrogen and oxygen atoms in total. The number of benzene rings is 1. The van der Waals surface area contributed by atoms with Gasteiger partial charge in [-0.15, -0.1) is 0 Å². The Hall–Kier alpha value is -2.71. The van der Waals surface area contributed by atoms with Gasteiger partial charge >= 0.3 is 5.97 Å². The van der Waals surface area contributed by atoms with Crippen molar-refractivity contribution in [1.29, 1.82) is 0 Å². The van der Waals surface area contributed by atoms with Crippen LogP contribution in [0.15, 0.2) is 61.0 Å². The van der Waals surface area contributed by atoms with Crippen molar-refractivity contribution in [3.63, 3.8) is 0 Å². The maximum Gasteiger partial charge on any atom is 0.307 e. The lowest BCUT2D eigenvalue weighted by Crippen LogP contribution is -2.42. The Kier molecular flexibility index (Phi) is 13.2. The Labute approximate surface area is 219 Å². The van der Waals surface area contributed by atoms with Crippen LogP contribution in [0, 0.1) is 11.8 Å². The van der Waals surface area contributed by atoms with Gasteiger partial charge in [0.05, 0.1) is 24.2 Å². The molecule has 4 atom stereocenters. The zero-order chi connectivity index (χ0) is 26.3. The summed E-state index contributed by atoms with van der Waals surface area (Å²) < 4.78 is 5.23. The van der Waals surface area contributed by atoms with Crippen LogP contribution in [0.4, 0.5) is 0 Å². The molecule has 1 heterocycles. The highest BCUT2D eigenvalue weighted by Gasteiger charge is 2.14. The fourth-order valence-electron chi connectivity index (χ4n) is 3.53. The number of halogens is 1. The highest BCUT2D eigenvalue weighted by Crippen LogP contribution is 2.25. The highest BCUT2D eigenvalue weighted by atomic mass is 35.5. The first-order valence-corrected chi connectivity index (χ1v) is 12.6. The maximum atomic E-state index is 11.1. The number of aliphatic carboxylic acids is 1. The van der Waals surface area contributed by atoms with E-state index in [1.54, 1.807) is 26.4 Å². The summed E-state index contributed by atoms with van der Waals surface area (Å²) in [6.45, 7) is 5.30. The molecule has 0 saturated heterocycles. The Bertz CT molecular complexity index is 984. The van der Waals surface area contributed by atoms with Gasteiger partial charge in [0, 0.05) is 44.0 Å². The molecule has 8 heteroatoms. The normalized spacial score (nSPS) is 15.1. The van der Waals surface area contributed by atoms with Gasteiger partial charge in [-0.1, -0.05) is 55.8 Å². The highest BCUT2D eigenvalue weighted by molar-refractivity contribution is 6.32. The van der Waals surface area contributed by atoms with E-state index in [4.69, 9.17) is 21.4 Å². The zero-order valence-corrected chi connectivity index (χ0v) is 22.0. The average molecular weight is 516 g/mol. The summed E-state index contributed by atoms with van der Waals surface area (Å²) in [5.41, 5.74) is 2.11. The summed E-state index contributed by atoms with van der Waals surface area (Å²) >= 11 is 6.28. The molecule has 36 heavy (non-hydrogen) atoms. The largest absolute Gasteiger partial charge is 0.495 e. The Morgan fingerprint density at radius 2 is 1.92 bits per heavy atom. The lowest BCUT2D eigenvalue weighted by Gasteiger charge is -2.20. The van der Waals surface area contributed by atoms with E-state index < -0.39 is 18.0 Å². The van der Waals surface area contributed by atoms with Crippen molar-refractivity contribution in [2.75, 3.05) is 26.7 Å². The van der Waals surface area contributed by atoms with Crippen LogP contribution in [0.25, 0.3) is 6.08 Å². The van der Waals surface area contributed by atoms with Gasteiger partial charge in [-0.3, -0.25) is 9.78 Å². The number of nitrogens with one attached hydrogen (secondary N) is 2. The number of hydrogen-bond donors (Lipinski definition) is 4. The molecule has 1 aromatic carbocycles. The molecule has 0 aliphatic rings. The van der Waals surface area contributed by atoms with Gasteiger partial charge in [0.1, 0.15) is 5.75 Å². The van der Waals surface area contributed by atoms with Crippen LogP contribution in [0.2, 0.25) is 5.02 Å². The Morgan fingerprint density at radius 1 is 1.17 bits per heavy atom. The van der Waals surface area contributed by atoms with Gasteiger partial charge in [0.25, 0.3) is 0 Å². The number of aromatic nitrogens is 1. The standard InChI is InChI=1S/C28H38ClN3O4/c1-20(7-8-22-11-14-30-15-12-22)26(33)6-4-5-13-32-24(19-31-18-21(2)28(34)35)16-23-9-10-27(36-3)25(29)17-23/h4-5,7-12,14-15,17,20-21,24,26,31-33H,6,13,16,18-19H2,1-3H3,(H,34,35)/b5-4+,8-7+/t20-,21-,24-,26+/m1/s1. The van der Waals surface area contributed by atoms with Crippen LogP contribution in [-0.2, 0) is 11.2 Å². The average Bonchev–Trinajstić information content (AvgIpc) is 2.87. The second kappa shape index (κ2) is 16.1. The summed E-state index contributed by atoms with van der Waals surface area (Å²) in [5.74, 6) is -0.634. The SMILES string of the molecule is COc1ccc(C[C@H](CNC[C@@H](C)C(=O)O)NC/C=C/C[C@H](O)[C@H](C)/C=C/c2ccncc2)cc1Cl. The minimum atomic E-state index is -0.819. The lowest BCUT2D eigenvalue weighted by atomic mass is 10.0. The van der Waals surface area contributed by atoms with E-state index in [-0.39, 0.29) is 12.0 Å². The van der Waals surface area contributed by atoms with Gasteiger partial charge < -0.3 is 25.6 Å². The number of methoxy groups -OCH3 is 1. The van der Waals surface area contributed by atoms with Gasteiger partial charge in [0.15, 0.2) is 0 Å². The van der Waals surface area contributed by atoms with E-state index in [1.165, 1.54) is 0 Å². The van der Waals surface area contributed by atoms with E-state index >= 15 is 0 Å². The predicted octanol–water partition coefficient (Wildman–Crippen LogP) is 4.21. The smallest absolute Gasteiger partial charge is 0.307 e. The number of rotatable bonds is 16. The first-order chi connectivity index (χ1) is 17.3. The van der Waals surface area contributed by atoms with Crippen molar-refractivity contribution < 1.29 is 19.7 Å². The molecule has 0 saturated carbocycles. The van der Waals surface area contributed by atoms with Crippen molar-refractivity contribution in [3.8, 4) is 5.75 Å². The number of pyridine rings is 1. The number of carboxylic acids is 1. The zero-order valence-electron chi connectivity index (χ0n) is 21.2. The van der Waals surface area contributed by atoms with Gasteiger partial charge in [-0.05, 0) is 48.2 Å². The second-order valence-corrected chi connectivity index (χ2v) is 9.36. The molecule has 0 aliphatic heterocycles. The molecule has 4 N–H and O–H groups in total. The van der Waals surface area contributed by atoms with Crippen LogP contribution in [0.5, 0.6) is 5.75 Å². The fraction of sp³-hybridized carbons (Fsp3) is 0.429. The van der Waals surface area contributed by atoms with Crippen molar-refractivity contribution in [2.24, 2.45) is 11.8 Å². The summed E-state index contributed by atoms with van der Waals surface area (Å²) in [5, 5.41) is 26.9. The summed E-state index contributed by atoms with van der Waals surface area (Å²) in [4.78, 5) is 15.1. The molecule has 0 aliphatic carbocycles. The third kappa shape index (κ3) is 10.9. The molecule has 2 aromatic rings. The molecule has 1 aromatic heterocycles. The monoisotopic (exact) mass is 515 g/mol. The van der Waals surface area contributed by atoms with E-state index in [9.17, 15) is 9.90 Å². The van der Waals surface area contributed by atoms with Crippen LogP contribution >= 0.6 is 11.6 Å². The summed E-state index contributed by atoms with van der Waals surface area (Å²) in [7, 11) is 1.58. The molecule has 0 bridgehead atoms. The molecule has 0 fully saturated rings. The number of aliphatic hydroxyl groups is 1. The lowest BCUT2D eigenvalue weighted by molar-refractivity contribution is -0.140. The number of hydrogen-bond acceptors (Lipinski definition) is 6. The number of carboxylic acid groups (broad SMARTS) is 1. The van der Waals surface area contributed by atoms with E-state index in [0.29, 0.717) is 43.2 Å². The van der Waals surface area contributed by atoms with Crippen LogP contribution < -0.4 is 15.4 Å². The molecule has 0 radical (unpaired) electrons. The van der Waals surface area contributed by atoms with E-state index in [1.807, 2.05) is 61.6 Å². The predicted molar refractivity (Wildman–Crippen MR) is 145 cm³/mol. The van der Waals surface area contributed by atoms with Crippen LogP contribution in [0.1, 0.15) is 31.4 Å². The number of aliphatic hydroxyl groups excluding tert-OH is 1. The quantitative estimate of drug-likeness (QED) is 0.248. The minimum absolute atomic E-state index is 0.0174. The van der Waals surface area contributed by atoms with Gasteiger partial charge in [-0.25, -0.2) is 0 Å². The van der Waals surface area contributed by atoms with E-state index in [2.05, 4.69) is 15.6 Å². The molecule has 2 rings (SSSR count). The van der Waals surface area contributed by atoms with E-state index in [0.717, 1.165) is 11.1 Å². The molecular formula is C28H38ClN3O4. The van der Waals surface area contributed by atoms with Crippen LogP contribution in [-0.4, -0.2) is 60.1 Å². The Balaban J connectivity index is 1.86. The molecular weight excluding hydrogens is 478 g/mol.